The third kappa shape index (κ3) is 5.39. The number of piperidine rings is 1. The van der Waals surface area contributed by atoms with Gasteiger partial charge in [-0.15, -0.1) is 5.10 Å². The number of rotatable bonds is 8. The van der Waals surface area contributed by atoms with Gasteiger partial charge in [0.15, 0.2) is 11.6 Å². The Morgan fingerprint density at radius 3 is 2.44 bits per heavy atom. The van der Waals surface area contributed by atoms with Gasteiger partial charge in [-0.2, -0.15) is 5.10 Å². The second-order valence-electron chi connectivity index (χ2n) is 8.38. The van der Waals surface area contributed by atoms with Crippen LogP contribution in [0, 0.1) is 12.8 Å². The summed E-state index contributed by atoms with van der Waals surface area (Å²) in [5.74, 6) is 1.17. The molecule has 166 valence electrons. The molecule has 0 radical (unpaired) electrons. The molecule has 3 aromatic rings. The molecule has 0 bridgehead atoms. The number of anilines is 1. The van der Waals surface area contributed by atoms with Gasteiger partial charge in [0.2, 0.25) is 0 Å². The molecule has 1 aliphatic heterocycles. The van der Waals surface area contributed by atoms with Crippen molar-refractivity contribution in [1.29, 1.82) is 0 Å². The maximum absolute atomic E-state index is 12.9. The summed E-state index contributed by atoms with van der Waals surface area (Å²) in [4.78, 5) is 15.1. The van der Waals surface area contributed by atoms with E-state index in [4.69, 9.17) is 0 Å². The first kappa shape index (κ1) is 22.1. The fourth-order valence-electron chi connectivity index (χ4n) is 4.19. The molecule has 0 saturated carbocycles. The first-order valence-corrected chi connectivity index (χ1v) is 11.2. The highest BCUT2D eigenvalue weighted by Gasteiger charge is 2.27. The van der Waals surface area contributed by atoms with E-state index in [2.05, 4.69) is 20.4 Å². The average Bonchev–Trinajstić information content (AvgIpc) is 2.85. The number of carbonyl (C=O) groups excluding carboxylic acids is 1. The summed E-state index contributed by atoms with van der Waals surface area (Å²) in [6.07, 6.45) is 1.11. The monoisotopic (exact) mass is 430 g/mol. The van der Waals surface area contributed by atoms with Crippen LogP contribution in [0.15, 0.2) is 66.7 Å². The van der Waals surface area contributed by atoms with Crippen LogP contribution in [0.5, 0.6) is 0 Å². The summed E-state index contributed by atoms with van der Waals surface area (Å²) < 4.78 is 0. The number of Topliss-reactive ketones (excluding diaryl/α,β-unsaturated/α-hetero) is 1. The molecule has 6 nitrogen and oxygen atoms in total. The third-order valence-corrected chi connectivity index (χ3v) is 6.13. The van der Waals surface area contributed by atoms with Crippen molar-refractivity contribution in [2.24, 2.45) is 5.92 Å². The lowest BCUT2D eigenvalue weighted by Gasteiger charge is -2.32. The lowest BCUT2D eigenvalue weighted by atomic mass is 9.87. The third-order valence-electron chi connectivity index (χ3n) is 6.13. The Labute approximate surface area is 189 Å². The highest BCUT2D eigenvalue weighted by Crippen LogP contribution is 2.25. The minimum Gasteiger partial charge on any atom is -0.387 e. The molecule has 1 atom stereocenters. The molecule has 2 N–H and O–H groups in total. The number of ketones is 1. The summed E-state index contributed by atoms with van der Waals surface area (Å²) in [5, 5.41) is 22.2. The molecule has 2 aromatic carbocycles. The predicted octanol–water partition coefficient (Wildman–Crippen LogP) is 3.71. The molecule has 0 aliphatic carbocycles. The molecule has 4 rings (SSSR count). The minimum atomic E-state index is -0.549. The number of aromatic nitrogens is 2. The van der Waals surface area contributed by atoms with E-state index >= 15 is 0 Å². The molecule has 1 fully saturated rings. The smallest absolute Gasteiger partial charge is 0.166 e. The lowest BCUT2D eigenvalue weighted by Crippen LogP contribution is -2.37. The molecule has 2 heterocycles. The molecule has 1 unspecified atom stereocenters. The maximum Gasteiger partial charge on any atom is 0.166 e. The van der Waals surface area contributed by atoms with Crippen molar-refractivity contribution in [3.63, 3.8) is 0 Å². The van der Waals surface area contributed by atoms with Crippen molar-refractivity contribution in [1.82, 2.24) is 15.5 Å². The van der Waals surface area contributed by atoms with Crippen LogP contribution in [0.2, 0.25) is 0 Å². The van der Waals surface area contributed by atoms with E-state index < -0.39 is 6.10 Å². The Morgan fingerprint density at radius 1 is 1.03 bits per heavy atom. The van der Waals surface area contributed by atoms with Crippen LogP contribution in [0.1, 0.15) is 46.1 Å². The molecule has 0 spiro atoms. The summed E-state index contributed by atoms with van der Waals surface area (Å²) in [5.41, 5.74) is 3.62. The quantitative estimate of drug-likeness (QED) is 0.531. The van der Waals surface area contributed by atoms with Crippen LogP contribution < -0.4 is 10.2 Å². The Kier molecular flexibility index (Phi) is 7.24. The van der Waals surface area contributed by atoms with Gasteiger partial charge in [-0.1, -0.05) is 54.6 Å². The van der Waals surface area contributed by atoms with Crippen LogP contribution in [-0.2, 0) is 6.54 Å². The molecule has 1 aromatic heterocycles. The number of carbonyl (C=O) groups is 1. The van der Waals surface area contributed by atoms with Gasteiger partial charge >= 0.3 is 0 Å². The molecule has 0 amide bonds. The summed E-state index contributed by atoms with van der Waals surface area (Å²) in [6, 6.07) is 21.4. The van der Waals surface area contributed by atoms with E-state index in [1.54, 1.807) is 0 Å². The Hall–Kier alpha value is -3.09. The Morgan fingerprint density at radius 2 is 1.75 bits per heavy atom. The van der Waals surface area contributed by atoms with Gasteiger partial charge in [-0.3, -0.25) is 4.79 Å². The molecule has 1 aliphatic rings. The highest BCUT2D eigenvalue weighted by atomic mass is 16.3. The van der Waals surface area contributed by atoms with Gasteiger partial charge in [-0.25, -0.2) is 0 Å². The van der Waals surface area contributed by atoms with Crippen LogP contribution in [0.4, 0.5) is 5.82 Å². The second-order valence-corrected chi connectivity index (χ2v) is 8.38. The fraction of sp³-hybridized carbons (Fsp3) is 0.346. The predicted molar refractivity (Wildman–Crippen MR) is 126 cm³/mol. The second kappa shape index (κ2) is 10.5. The molecular formula is C26H30N4O2. The van der Waals surface area contributed by atoms with Gasteiger partial charge in [0, 0.05) is 37.7 Å². The largest absolute Gasteiger partial charge is 0.387 e. The first-order valence-electron chi connectivity index (χ1n) is 11.2. The van der Waals surface area contributed by atoms with E-state index in [1.165, 1.54) is 0 Å². The van der Waals surface area contributed by atoms with E-state index in [-0.39, 0.29) is 11.7 Å². The van der Waals surface area contributed by atoms with Gasteiger partial charge in [-0.05, 0) is 43.0 Å². The zero-order chi connectivity index (χ0) is 22.3. The van der Waals surface area contributed by atoms with Crippen LogP contribution >= 0.6 is 0 Å². The van der Waals surface area contributed by atoms with Gasteiger partial charge < -0.3 is 15.3 Å². The summed E-state index contributed by atoms with van der Waals surface area (Å²) >= 11 is 0. The number of nitrogens with one attached hydrogen (secondary N) is 1. The van der Waals surface area contributed by atoms with E-state index in [9.17, 15) is 9.90 Å². The normalized spacial score (nSPS) is 15.5. The zero-order valence-electron chi connectivity index (χ0n) is 18.4. The van der Waals surface area contributed by atoms with E-state index in [0.29, 0.717) is 13.1 Å². The number of nitrogens with zero attached hydrogens (tertiary/aromatic N) is 3. The van der Waals surface area contributed by atoms with E-state index in [0.717, 1.165) is 54.1 Å². The summed E-state index contributed by atoms with van der Waals surface area (Å²) in [6.45, 7) is 4.60. The number of hydrogen-bond acceptors (Lipinski definition) is 6. The zero-order valence-corrected chi connectivity index (χ0v) is 18.4. The van der Waals surface area contributed by atoms with Crippen molar-refractivity contribution in [3.05, 3.63) is 89.1 Å². The van der Waals surface area contributed by atoms with Crippen LogP contribution in [0.3, 0.4) is 0 Å². The highest BCUT2D eigenvalue weighted by molar-refractivity contribution is 5.99. The first-order chi connectivity index (χ1) is 15.6. The topological polar surface area (TPSA) is 78.4 Å². The number of aliphatic hydroxyl groups excluding tert-OH is 1. The van der Waals surface area contributed by atoms with Crippen LogP contribution in [-0.4, -0.2) is 40.7 Å². The lowest BCUT2D eigenvalue weighted by molar-refractivity contribution is 0.0899. The van der Waals surface area contributed by atoms with Crippen molar-refractivity contribution in [3.8, 4) is 0 Å². The number of aliphatic hydroxyl groups is 1. The fourth-order valence-corrected chi connectivity index (χ4v) is 4.19. The Balaban J connectivity index is 1.25. The van der Waals surface area contributed by atoms with E-state index in [1.807, 2.05) is 73.7 Å². The van der Waals surface area contributed by atoms with Crippen molar-refractivity contribution < 1.29 is 9.90 Å². The molecule has 6 heteroatoms. The molecule has 1 saturated heterocycles. The minimum absolute atomic E-state index is 0.0693. The number of aryl methyl sites for hydroxylation is 1. The van der Waals surface area contributed by atoms with Crippen molar-refractivity contribution >= 4 is 11.6 Å². The standard InChI is InChI=1S/C26H30N4O2/c1-19-7-5-6-10-23(19)26(32)21-13-15-30(16-14-21)25-12-11-22(28-29-25)17-27-18-24(31)20-8-3-2-4-9-20/h2-12,21,24,27,31H,13-18H2,1H3. The van der Waals surface area contributed by atoms with Gasteiger partial charge in [0.1, 0.15) is 0 Å². The average molecular weight is 431 g/mol. The maximum atomic E-state index is 12.9. The molecular weight excluding hydrogens is 400 g/mol. The van der Waals surface area contributed by atoms with Gasteiger partial charge in [0.05, 0.1) is 11.8 Å². The van der Waals surface area contributed by atoms with Crippen molar-refractivity contribution in [2.75, 3.05) is 24.5 Å². The van der Waals surface area contributed by atoms with Gasteiger partial charge in [0.25, 0.3) is 0 Å². The Bertz CT molecular complexity index is 1020. The number of hydrogen-bond donors (Lipinski definition) is 2. The van der Waals surface area contributed by atoms with Crippen LogP contribution in [0.25, 0.3) is 0 Å². The van der Waals surface area contributed by atoms with Crippen molar-refractivity contribution in [2.45, 2.75) is 32.4 Å². The summed E-state index contributed by atoms with van der Waals surface area (Å²) in [7, 11) is 0. The number of benzene rings is 2. The SMILES string of the molecule is Cc1ccccc1C(=O)C1CCN(c2ccc(CNCC(O)c3ccccc3)nn2)CC1. The molecule has 32 heavy (non-hydrogen) atoms.